The van der Waals surface area contributed by atoms with Gasteiger partial charge in [-0.3, -0.25) is 0 Å². The van der Waals surface area contributed by atoms with Gasteiger partial charge in [-0.1, -0.05) is 17.7 Å². The maximum atomic E-state index is 6.20. The highest BCUT2D eigenvalue weighted by Crippen LogP contribution is 2.38. The zero-order chi connectivity index (χ0) is 12.7. The minimum atomic E-state index is 0.609. The van der Waals surface area contributed by atoms with Crippen molar-refractivity contribution in [2.75, 3.05) is 5.32 Å². The Bertz CT molecular complexity index is 585. The summed E-state index contributed by atoms with van der Waals surface area (Å²) in [6.07, 6.45) is 4.59. The lowest BCUT2D eigenvalue weighted by Crippen LogP contribution is -2.01. The van der Waals surface area contributed by atoms with Gasteiger partial charge in [-0.05, 0) is 44.4 Å². The Morgan fingerprint density at radius 3 is 2.83 bits per heavy atom. The van der Waals surface area contributed by atoms with Gasteiger partial charge in [-0.25, -0.2) is 4.98 Å². The standard InChI is InChI=1S/C14H16ClN3/c1-9-3-6-12(15)13(7-9)17-14-16-10(2)8-18(14)11-4-5-11/h3,6-8,11H,4-5H2,1-2H3,(H,16,17). The van der Waals surface area contributed by atoms with Gasteiger partial charge >= 0.3 is 0 Å². The van der Waals surface area contributed by atoms with E-state index in [2.05, 4.69) is 28.0 Å². The first kappa shape index (κ1) is 11.6. The van der Waals surface area contributed by atoms with Gasteiger partial charge in [0.15, 0.2) is 0 Å². The van der Waals surface area contributed by atoms with E-state index in [1.54, 1.807) is 0 Å². The van der Waals surface area contributed by atoms with Crippen molar-refractivity contribution in [3.8, 4) is 0 Å². The largest absolute Gasteiger partial charge is 0.324 e. The zero-order valence-electron chi connectivity index (χ0n) is 10.6. The smallest absolute Gasteiger partial charge is 0.207 e. The molecular weight excluding hydrogens is 246 g/mol. The number of nitrogens with one attached hydrogen (secondary N) is 1. The lowest BCUT2D eigenvalue weighted by Gasteiger charge is -2.10. The molecule has 1 aromatic heterocycles. The molecule has 0 radical (unpaired) electrons. The van der Waals surface area contributed by atoms with Crippen LogP contribution in [0.5, 0.6) is 0 Å². The molecule has 4 heteroatoms. The first-order chi connectivity index (χ1) is 8.63. The Hall–Kier alpha value is -1.48. The molecule has 1 aliphatic rings. The molecule has 1 saturated carbocycles. The number of benzene rings is 1. The summed E-state index contributed by atoms with van der Waals surface area (Å²) in [7, 11) is 0. The fraction of sp³-hybridized carbons (Fsp3) is 0.357. The summed E-state index contributed by atoms with van der Waals surface area (Å²) < 4.78 is 2.22. The molecule has 3 nitrogen and oxygen atoms in total. The molecule has 0 atom stereocenters. The maximum absolute atomic E-state index is 6.20. The van der Waals surface area contributed by atoms with Crippen LogP contribution in [0.4, 0.5) is 11.6 Å². The second kappa shape index (κ2) is 4.32. The summed E-state index contributed by atoms with van der Waals surface area (Å²) in [5.74, 6) is 0.891. The summed E-state index contributed by atoms with van der Waals surface area (Å²) in [6, 6.07) is 6.57. The van der Waals surface area contributed by atoms with E-state index in [0.29, 0.717) is 6.04 Å². The van der Waals surface area contributed by atoms with Crippen LogP contribution in [0, 0.1) is 13.8 Å². The monoisotopic (exact) mass is 261 g/mol. The van der Waals surface area contributed by atoms with Crippen molar-refractivity contribution < 1.29 is 0 Å². The van der Waals surface area contributed by atoms with Crippen molar-refractivity contribution in [3.05, 3.63) is 40.7 Å². The van der Waals surface area contributed by atoms with Crippen LogP contribution in [0.15, 0.2) is 24.4 Å². The van der Waals surface area contributed by atoms with Crippen LogP contribution >= 0.6 is 11.6 Å². The summed E-state index contributed by atoms with van der Waals surface area (Å²) >= 11 is 6.20. The topological polar surface area (TPSA) is 29.9 Å². The zero-order valence-corrected chi connectivity index (χ0v) is 11.3. The van der Waals surface area contributed by atoms with E-state index in [4.69, 9.17) is 11.6 Å². The highest BCUT2D eigenvalue weighted by Gasteiger charge is 2.26. The summed E-state index contributed by atoms with van der Waals surface area (Å²) in [5.41, 5.74) is 3.14. The first-order valence-corrected chi connectivity index (χ1v) is 6.60. The van der Waals surface area contributed by atoms with Crippen LogP contribution in [0.25, 0.3) is 0 Å². The molecule has 3 rings (SSSR count). The van der Waals surface area contributed by atoms with Gasteiger partial charge in [-0.2, -0.15) is 0 Å². The van der Waals surface area contributed by atoms with Gasteiger partial charge in [0.2, 0.25) is 5.95 Å². The molecule has 0 aliphatic heterocycles. The average molecular weight is 262 g/mol. The number of nitrogens with zero attached hydrogens (tertiary/aromatic N) is 2. The van der Waals surface area contributed by atoms with E-state index in [9.17, 15) is 0 Å². The van der Waals surface area contributed by atoms with Gasteiger partial charge in [0.05, 0.1) is 16.4 Å². The Morgan fingerprint density at radius 1 is 1.33 bits per heavy atom. The van der Waals surface area contributed by atoms with Crippen molar-refractivity contribution >= 4 is 23.2 Å². The molecule has 0 spiro atoms. The third-order valence-electron chi connectivity index (χ3n) is 3.16. The van der Waals surface area contributed by atoms with Gasteiger partial charge in [0.1, 0.15) is 0 Å². The Balaban J connectivity index is 1.94. The number of rotatable bonds is 3. The minimum absolute atomic E-state index is 0.609. The number of imidazole rings is 1. The molecule has 1 N–H and O–H groups in total. The van der Waals surface area contributed by atoms with Crippen molar-refractivity contribution in [1.82, 2.24) is 9.55 Å². The molecule has 0 unspecified atom stereocenters. The quantitative estimate of drug-likeness (QED) is 0.896. The average Bonchev–Trinajstić information content (AvgIpc) is 3.09. The maximum Gasteiger partial charge on any atom is 0.207 e. The van der Waals surface area contributed by atoms with E-state index in [1.165, 1.54) is 18.4 Å². The predicted octanol–water partition coefficient (Wildman–Crippen LogP) is 4.23. The third kappa shape index (κ3) is 2.23. The molecule has 1 heterocycles. The highest BCUT2D eigenvalue weighted by molar-refractivity contribution is 6.33. The molecular formula is C14H16ClN3. The molecule has 94 valence electrons. The highest BCUT2D eigenvalue weighted by atomic mass is 35.5. The molecule has 1 aliphatic carbocycles. The summed E-state index contributed by atoms with van der Waals surface area (Å²) in [6.45, 7) is 4.07. The lowest BCUT2D eigenvalue weighted by atomic mass is 10.2. The lowest BCUT2D eigenvalue weighted by molar-refractivity contribution is 0.750. The van der Waals surface area contributed by atoms with E-state index in [0.717, 1.165) is 22.4 Å². The molecule has 1 aromatic carbocycles. The Labute approximate surface area is 112 Å². The first-order valence-electron chi connectivity index (χ1n) is 6.22. The van der Waals surface area contributed by atoms with Gasteiger partial charge < -0.3 is 9.88 Å². The van der Waals surface area contributed by atoms with Crippen LogP contribution in [-0.2, 0) is 0 Å². The second-order valence-corrected chi connectivity index (χ2v) is 5.36. The number of hydrogen-bond acceptors (Lipinski definition) is 2. The van der Waals surface area contributed by atoms with E-state index >= 15 is 0 Å². The fourth-order valence-corrected chi connectivity index (χ4v) is 2.26. The number of aryl methyl sites for hydroxylation is 2. The predicted molar refractivity (Wildman–Crippen MR) is 74.7 cm³/mol. The third-order valence-corrected chi connectivity index (χ3v) is 3.49. The second-order valence-electron chi connectivity index (χ2n) is 4.95. The van der Waals surface area contributed by atoms with E-state index in [-0.39, 0.29) is 0 Å². The normalized spacial score (nSPS) is 14.8. The van der Waals surface area contributed by atoms with Crippen molar-refractivity contribution in [1.29, 1.82) is 0 Å². The van der Waals surface area contributed by atoms with Crippen LogP contribution in [0.3, 0.4) is 0 Å². The number of aromatic nitrogens is 2. The summed E-state index contributed by atoms with van der Waals surface area (Å²) in [5, 5.41) is 4.07. The van der Waals surface area contributed by atoms with E-state index in [1.807, 2.05) is 25.1 Å². The van der Waals surface area contributed by atoms with E-state index < -0.39 is 0 Å². The summed E-state index contributed by atoms with van der Waals surface area (Å²) in [4.78, 5) is 4.53. The molecule has 0 amide bonds. The van der Waals surface area contributed by atoms with Crippen LogP contribution in [-0.4, -0.2) is 9.55 Å². The molecule has 0 saturated heterocycles. The molecule has 0 bridgehead atoms. The molecule has 2 aromatic rings. The number of hydrogen-bond donors (Lipinski definition) is 1. The molecule has 1 fully saturated rings. The fourth-order valence-electron chi connectivity index (χ4n) is 2.09. The SMILES string of the molecule is Cc1ccc(Cl)c(Nc2nc(C)cn2C2CC2)c1. The van der Waals surface area contributed by atoms with Gasteiger partial charge in [0, 0.05) is 12.2 Å². The van der Waals surface area contributed by atoms with Crippen molar-refractivity contribution in [2.24, 2.45) is 0 Å². The van der Waals surface area contributed by atoms with Crippen molar-refractivity contribution in [3.63, 3.8) is 0 Å². The van der Waals surface area contributed by atoms with Crippen LogP contribution < -0.4 is 5.32 Å². The minimum Gasteiger partial charge on any atom is -0.324 e. The Morgan fingerprint density at radius 2 is 2.11 bits per heavy atom. The molecule has 18 heavy (non-hydrogen) atoms. The Kier molecular flexibility index (Phi) is 2.78. The van der Waals surface area contributed by atoms with Gasteiger partial charge in [0.25, 0.3) is 0 Å². The van der Waals surface area contributed by atoms with Gasteiger partial charge in [-0.15, -0.1) is 0 Å². The van der Waals surface area contributed by atoms with Crippen LogP contribution in [0.2, 0.25) is 5.02 Å². The number of halogens is 1. The number of anilines is 2. The van der Waals surface area contributed by atoms with Crippen molar-refractivity contribution in [2.45, 2.75) is 32.7 Å². The van der Waals surface area contributed by atoms with Crippen LogP contribution in [0.1, 0.15) is 30.1 Å².